The van der Waals surface area contributed by atoms with Gasteiger partial charge in [0.1, 0.15) is 11.6 Å². The van der Waals surface area contributed by atoms with Crippen molar-refractivity contribution in [1.29, 1.82) is 0 Å². The van der Waals surface area contributed by atoms with E-state index >= 15 is 0 Å². The molecular weight excluding hydrogens is 574 g/mol. The van der Waals surface area contributed by atoms with Crippen molar-refractivity contribution in [3.63, 3.8) is 0 Å². The van der Waals surface area contributed by atoms with Crippen LogP contribution >= 0.6 is 47.8 Å². The van der Waals surface area contributed by atoms with E-state index in [2.05, 4.69) is 57.9 Å². The number of aromatic nitrogens is 2. The van der Waals surface area contributed by atoms with Crippen LogP contribution in [0.4, 0.5) is 0 Å². The Bertz CT molecular complexity index is 1170. The Balaban J connectivity index is 2.01. The number of hydrogen-bond acceptors (Lipinski definition) is 5. The van der Waals surface area contributed by atoms with Crippen molar-refractivity contribution in [3.8, 4) is 5.75 Å². The van der Waals surface area contributed by atoms with Crippen LogP contribution in [0.2, 0.25) is 0 Å². The number of carboxylic acids is 1. The van der Waals surface area contributed by atoms with E-state index in [-0.39, 0.29) is 5.56 Å². The van der Waals surface area contributed by atoms with E-state index in [0.717, 1.165) is 4.47 Å². The molecule has 0 aliphatic heterocycles. The van der Waals surface area contributed by atoms with E-state index in [1.165, 1.54) is 10.9 Å². The number of fused-ring (bicyclic) bond motifs is 1. The second-order valence-electron chi connectivity index (χ2n) is 5.90. The average molecular weight is 588 g/mol. The molecule has 0 aliphatic carbocycles. The quantitative estimate of drug-likeness (QED) is 0.426. The minimum absolute atomic E-state index is 0.260. The summed E-state index contributed by atoms with van der Waals surface area (Å²) in [5, 5.41) is 13.6. The largest absolute Gasteiger partial charge is 0.480 e. The molecule has 0 saturated heterocycles. The minimum Gasteiger partial charge on any atom is -0.480 e. The van der Waals surface area contributed by atoms with Crippen LogP contribution in [0.1, 0.15) is 18.3 Å². The molecule has 1 N–H and O–H groups in total. The maximum Gasteiger partial charge on any atom is 0.341 e. The number of aryl methyl sites for hydroxylation is 1. The first-order valence-electron chi connectivity index (χ1n) is 8.39. The standard InChI is InChI=1S/C19H14Br3N3O4/c1-2-16-24-15-4-3-11(20)7-12(15)19(28)25(16)23-8-10-5-13(21)18(14(22)6-10)29-9-17(26)27/h3-8H,2,9H2,1H3,(H,26,27). The molecule has 10 heteroatoms. The fourth-order valence-electron chi connectivity index (χ4n) is 2.59. The highest BCUT2D eigenvalue weighted by Gasteiger charge is 2.12. The number of rotatable bonds is 6. The number of aliphatic carboxylic acids is 1. The number of carbonyl (C=O) groups is 1. The van der Waals surface area contributed by atoms with Crippen LogP contribution in [-0.2, 0) is 11.2 Å². The first-order valence-corrected chi connectivity index (χ1v) is 10.8. The summed E-state index contributed by atoms with van der Waals surface area (Å²) in [5.41, 5.74) is 1.03. The molecule has 1 aromatic heterocycles. The maximum atomic E-state index is 12.9. The highest BCUT2D eigenvalue weighted by molar-refractivity contribution is 9.11. The number of nitrogens with zero attached hydrogens (tertiary/aromatic N) is 3. The van der Waals surface area contributed by atoms with E-state index in [4.69, 9.17) is 9.84 Å². The van der Waals surface area contributed by atoms with Crippen molar-refractivity contribution >= 4 is 70.9 Å². The lowest BCUT2D eigenvalue weighted by atomic mass is 10.2. The van der Waals surface area contributed by atoms with E-state index < -0.39 is 12.6 Å². The predicted octanol–water partition coefficient (Wildman–Crippen LogP) is 4.59. The molecule has 0 spiro atoms. The number of benzene rings is 2. The Morgan fingerprint density at radius 3 is 2.55 bits per heavy atom. The van der Waals surface area contributed by atoms with Gasteiger partial charge in [0, 0.05) is 10.9 Å². The van der Waals surface area contributed by atoms with Crippen molar-refractivity contribution in [2.45, 2.75) is 13.3 Å². The molecule has 0 aliphatic rings. The molecule has 29 heavy (non-hydrogen) atoms. The third-order valence-electron chi connectivity index (χ3n) is 3.87. The van der Waals surface area contributed by atoms with Crippen molar-refractivity contribution in [3.05, 3.63) is 65.5 Å². The zero-order valence-corrected chi connectivity index (χ0v) is 19.8. The predicted molar refractivity (Wildman–Crippen MR) is 121 cm³/mol. The Morgan fingerprint density at radius 1 is 1.24 bits per heavy atom. The van der Waals surface area contributed by atoms with Crippen LogP contribution in [0.25, 0.3) is 10.9 Å². The van der Waals surface area contributed by atoms with E-state index in [1.807, 2.05) is 13.0 Å². The fourth-order valence-corrected chi connectivity index (χ4v) is 4.40. The van der Waals surface area contributed by atoms with Crippen molar-refractivity contribution in [2.24, 2.45) is 5.10 Å². The van der Waals surface area contributed by atoms with Crippen LogP contribution in [0.3, 0.4) is 0 Å². The van der Waals surface area contributed by atoms with Gasteiger partial charge in [-0.2, -0.15) is 9.78 Å². The molecule has 3 rings (SSSR count). The molecule has 0 fully saturated rings. The van der Waals surface area contributed by atoms with Crippen LogP contribution in [0, 0.1) is 0 Å². The smallest absolute Gasteiger partial charge is 0.341 e. The molecule has 1 heterocycles. The SMILES string of the molecule is CCc1nc2ccc(Br)cc2c(=O)n1N=Cc1cc(Br)c(OCC(=O)O)c(Br)c1. The summed E-state index contributed by atoms with van der Waals surface area (Å²) >= 11 is 10.1. The summed E-state index contributed by atoms with van der Waals surface area (Å²) in [6.07, 6.45) is 2.07. The lowest BCUT2D eigenvalue weighted by molar-refractivity contribution is -0.139. The number of halogens is 3. The zero-order chi connectivity index (χ0) is 21.1. The van der Waals surface area contributed by atoms with Gasteiger partial charge in [-0.3, -0.25) is 4.79 Å². The minimum atomic E-state index is -1.07. The Morgan fingerprint density at radius 2 is 1.93 bits per heavy atom. The van der Waals surface area contributed by atoms with Gasteiger partial charge in [0.15, 0.2) is 6.61 Å². The monoisotopic (exact) mass is 585 g/mol. The molecule has 0 atom stereocenters. The van der Waals surface area contributed by atoms with Gasteiger partial charge < -0.3 is 9.84 Å². The van der Waals surface area contributed by atoms with Gasteiger partial charge >= 0.3 is 5.97 Å². The molecule has 0 unspecified atom stereocenters. The number of carboxylic acid groups (broad SMARTS) is 1. The third-order valence-corrected chi connectivity index (χ3v) is 5.55. The molecule has 3 aromatic rings. The van der Waals surface area contributed by atoms with Gasteiger partial charge in [-0.05, 0) is 67.8 Å². The molecule has 7 nitrogen and oxygen atoms in total. The van der Waals surface area contributed by atoms with E-state index in [1.54, 1.807) is 24.3 Å². The Kier molecular flexibility index (Phi) is 6.86. The number of hydrogen-bond donors (Lipinski definition) is 1. The summed E-state index contributed by atoms with van der Waals surface area (Å²) in [4.78, 5) is 28.2. The molecule has 0 radical (unpaired) electrons. The first-order chi connectivity index (χ1) is 13.8. The van der Waals surface area contributed by atoms with Gasteiger partial charge in [0.05, 0.1) is 26.1 Å². The highest BCUT2D eigenvalue weighted by Crippen LogP contribution is 2.34. The van der Waals surface area contributed by atoms with E-state index in [9.17, 15) is 9.59 Å². The maximum absolute atomic E-state index is 12.9. The van der Waals surface area contributed by atoms with Crippen molar-refractivity contribution in [1.82, 2.24) is 9.66 Å². The Hall–Kier alpha value is -2.04. The molecule has 0 amide bonds. The second kappa shape index (κ2) is 9.19. The first kappa shape index (κ1) is 21.7. The second-order valence-corrected chi connectivity index (χ2v) is 8.53. The third kappa shape index (κ3) is 4.93. The van der Waals surface area contributed by atoms with Crippen LogP contribution < -0.4 is 10.3 Å². The van der Waals surface area contributed by atoms with Crippen LogP contribution in [-0.4, -0.2) is 33.6 Å². The van der Waals surface area contributed by atoms with Crippen LogP contribution in [0.5, 0.6) is 5.75 Å². The molecule has 0 bridgehead atoms. The average Bonchev–Trinajstić information content (AvgIpc) is 2.66. The number of ether oxygens (including phenoxy) is 1. The summed E-state index contributed by atoms with van der Waals surface area (Å²) in [7, 11) is 0. The highest BCUT2D eigenvalue weighted by atomic mass is 79.9. The lowest BCUT2D eigenvalue weighted by Gasteiger charge is -2.10. The zero-order valence-electron chi connectivity index (χ0n) is 15.0. The van der Waals surface area contributed by atoms with Gasteiger partial charge in [0.25, 0.3) is 5.56 Å². The normalized spacial score (nSPS) is 11.3. The molecule has 0 saturated carbocycles. The topological polar surface area (TPSA) is 93.8 Å². The Labute approximate surface area is 190 Å². The van der Waals surface area contributed by atoms with Gasteiger partial charge in [0.2, 0.25) is 0 Å². The summed E-state index contributed by atoms with van der Waals surface area (Å²) in [6, 6.07) is 8.78. The van der Waals surface area contributed by atoms with Gasteiger partial charge in [-0.15, -0.1) is 0 Å². The molecule has 2 aromatic carbocycles. The van der Waals surface area contributed by atoms with Gasteiger partial charge in [-0.1, -0.05) is 22.9 Å². The van der Waals surface area contributed by atoms with Crippen molar-refractivity contribution < 1.29 is 14.6 Å². The fraction of sp³-hybridized carbons (Fsp3) is 0.158. The summed E-state index contributed by atoms with van der Waals surface area (Å²) in [6.45, 7) is 1.44. The lowest BCUT2D eigenvalue weighted by Crippen LogP contribution is -2.22. The van der Waals surface area contributed by atoms with E-state index in [0.29, 0.717) is 43.4 Å². The van der Waals surface area contributed by atoms with Crippen molar-refractivity contribution in [2.75, 3.05) is 6.61 Å². The van der Waals surface area contributed by atoms with Gasteiger partial charge in [-0.25, -0.2) is 9.78 Å². The molecular formula is C19H14Br3N3O4. The summed E-state index contributed by atoms with van der Waals surface area (Å²) < 4.78 is 8.43. The summed E-state index contributed by atoms with van der Waals surface area (Å²) in [5.74, 6) is -0.162. The van der Waals surface area contributed by atoms with Crippen LogP contribution in [0.15, 0.2) is 53.6 Å². The molecule has 150 valence electrons.